The molecule has 1 heterocycles. The number of aromatic nitrogens is 1. The summed E-state index contributed by atoms with van der Waals surface area (Å²) in [5.41, 5.74) is 0.776. The summed E-state index contributed by atoms with van der Waals surface area (Å²) >= 11 is 0. The van der Waals surface area contributed by atoms with Gasteiger partial charge in [-0.1, -0.05) is 48.5 Å². The molecule has 27 heavy (non-hydrogen) atoms. The summed E-state index contributed by atoms with van der Waals surface area (Å²) in [5, 5.41) is 10.4. The van der Waals surface area contributed by atoms with Crippen molar-refractivity contribution in [2.24, 2.45) is 0 Å². The maximum atomic E-state index is 10.4. The summed E-state index contributed by atoms with van der Waals surface area (Å²) in [7, 11) is 4.30. The van der Waals surface area contributed by atoms with Crippen molar-refractivity contribution in [3.8, 4) is 5.75 Å². The van der Waals surface area contributed by atoms with Crippen molar-refractivity contribution in [2.75, 3.05) is 27.2 Å². The number of para-hydroxylation sites is 1. The number of rotatable bonds is 9. The lowest BCUT2D eigenvalue weighted by Gasteiger charge is -2.28. The van der Waals surface area contributed by atoms with E-state index in [2.05, 4.69) is 19.1 Å². The van der Waals surface area contributed by atoms with Gasteiger partial charge in [0, 0.05) is 6.42 Å². The summed E-state index contributed by atoms with van der Waals surface area (Å²) in [4.78, 5) is 4.26. The predicted octanol–water partition coefficient (Wildman–Crippen LogP) is 3.80. The number of quaternary nitrogens is 1. The molecular weight excluding hydrogens is 340 g/mol. The van der Waals surface area contributed by atoms with Crippen LogP contribution in [0.15, 0.2) is 71.3 Å². The van der Waals surface area contributed by atoms with Crippen molar-refractivity contribution in [1.82, 2.24) is 4.98 Å². The summed E-state index contributed by atoms with van der Waals surface area (Å²) in [6.45, 7) is 2.34. The number of benzene rings is 2. The standard InChI is InChI=1S/C22H27N2O3/c1-24(2,14-9-15-26-19-12-7-4-8-13-19)17-20-16-23-22(27-20)21(25)18-10-5-3-6-11-18/h3-8,10-13,16,21,25H,9,14-15,17H2,1-2H3/q+1/t21-/m0/s1. The largest absolute Gasteiger partial charge is 0.493 e. The number of oxazole rings is 1. The molecule has 0 radical (unpaired) electrons. The lowest BCUT2D eigenvalue weighted by atomic mass is 10.1. The lowest BCUT2D eigenvalue weighted by Crippen LogP contribution is -2.40. The van der Waals surface area contributed by atoms with Crippen molar-refractivity contribution >= 4 is 0 Å². The molecule has 0 unspecified atom stereocenters. The summed E-state index contributed by atoms with van der Waals surface area (Å²) < 4.78 is 12.3. The zero-order chi connectivity index (χ0) is 19.1. The third kappa shape index (κ3) is 5.67. The fourth-order valence-corrected chi connectivity index (χ4v) is 3.00. The minimum atomic E-state index is -0.838. The monoisotopic (exact) mass is 367 g/mol. The molecule has 0 aliphatic heterocycles. The van der Waals surface area contributed by atoms with Crippen molar-refractivity contribution in [2.45, 2.75) is 19.1 Å². The average molecular weight is 367 g/mol. The van der Waals surface area contributed by atoms with Gasteiger partial charge in [-0.25, -0.2) is 4.98 Å². The molecule has 0 aliphatic carbocycles. The first-order valence-electron chi connectivity index (χ1n) is 9.21. The van der Waals surface area contributed by atoms with Crippen LogP contribution in [0.2, 0.25) is 0 Å². The summed E-state index contributed by atoms with van der Waals surface area (Å²) in [6, 6.07) is 19.3. The third-order valence-electron chi connectivity index (χ3n) is 4.42. The van der Waals surface area contributed by atoms with E-state index in [4.69, 9.17) is 9.15 Å². The van der Waals surface area contributed by atoms with E-state index in [1.54, 1.807) is 6.20 Å². The van der Waals surface area contributed by atoms with E-state index in [1.807, 2.05) is 60.7 Å². The lowest BCUT2D eigenvalue weighted by molar-refractivity contribution is -0.904. The Morgan fingerprint density at radius 2 is 1.70 bits per heavy atom. The van der Waals surface area contributed by atoms with Crippen LogP contribution in [0.4, 0.5) is 0 Å². The number of nitrogens with zero attached hydrogens (tertiary/aromatic N) is 2. The quantitative estimate of drug-likeness (QED) is 0.462. The molecule has 1 aromatic heterocycles. The molecule has 3 rings (SSSR count). The maximum Gasteiger partial charge on any atom is 0.228 e. The van der Waals surface area contributed by atoms with Gasteiger partial charge in [0.25, 0.3) is 0 Å². The topological polar surface area (TPSA) is 55.5 Å². The number of aliphatic hydroxyl groups excluding tert-OH is 1. The first-order valence-corrected chi connectivity index (χ1v) is 9.21. The van der Waals surface area contributed by atoms with Gasteiger partial charge in [0.15, 0.2) is 11.9 Å². The van der Waals surface area contributed by atoms with E-state index < -0.39 is 6.10 Å². The maximum absolute atomic E-state index is 10.4. The van der Waals surface area contributed by atoms with Gasteiger partial charge in [-0.2, -0.15) is 0 Å². The Morgan fingerprint density at radius 1 is 1.04 bits per heavy atom. The average Bonchev–Trinajstić information content (AvgIpc) is 3.14. The molecule has 0 saturated carbocycles. The number of hydrogen-bond donors (Lipinski definition) is 1. The molecule has 3 aromatic rings. The van der Waals surface area contributed by atoms with Gasteiger partial charge >= 0.3 is 0 Å². The molecule has 0 fully saturated rings. The third-order valence-corrected chi connectivity index (χ3v) is 4.42. The van der Waals surface area contributed by atoms with Crippen LogP contribution in [-0.4, -0.2) is 41.8 Å². The molecule has 2 aromatic carbocycles. The van der Waals surface area contributed by atoms with Gasteiger partial charge in [0.05, 0.1) is 33.4 Å². The molecule has 142 valence electrons. The molecule has 0 spiro atoms. The number of hydrogen-bond acceptors (Lipinski definition) is 4. The fourth-order valence-electron chi connectivity index (χ4n) is 3.00. The molecule has 1 N–H and O–H groups in total. The van der Waals surface area contributed by atoms with Gasteiger partial charge in [0.1, 0.15) is 12.3 Å². The van der Waals surface area contributed by atoms with Crippen LogP contribution >= 0.6 is 0 Å². The molecule has 1 atom stereocenters. The van der Waals surface area contributed by atoms with Crippen molar-refractivity contribution in [3.63, 3.8) is 0 Å². The summed E-state index contributed by atoms with van der Waals surface area (Å²) in [6.07, 6.45) is 1.81. The molecule has 0 aliphatic rings. The molecule has 5 heteroatoms. The zero-order valence-corrected chi connectivity index (χ0v) is 15.9. The second-order valence-corrected chi connectivity index (χ2v) is 7.31. The van der Waals surface area contributed by atoms with Gasteiger partial charge in [0.2, 0.25) is 5.89 Å². The van der Waals surface area contributed by atoms with Crippen molar-refractivity contribution in [1.29, 1.82) is 0 Å². The van der Waals surface area contributed by atoms with E-state index in [1.165, 1.54) is 0 Å². The normalized spacial score (nSPS) is 12.7. The molecule has 0 bridgehead atoms. The van der Waals surface area contributed by atoms with E-state index in [9.17, 15) is 5.11 Å². The highest BCUT2D eigenvalue weighted by Gasteiger charge is 2.21. The Morgan fingerprint density at radius 3 is 2.41 bits per heavy atom. The Hall–Kier alpha value is -2.63. The van der Waals surface area contributed by atoms with Crippen molar-refractivity contribution < 1.29 is 18.7 Å². The highest BCUT2D eigenvalue weighted by atomic mass is 16.5. The summed E-state index contributed by atoms with van der Waals surface area (Å²) in [5.74, 6) is 2.01. The second-order valence-electron chi connectivity index (χ2n) is 7.31. The Kier molecular flexibility index (Phi) is 6.27. The smallest absolute Gasteiger partial charge is 0.228 e. The molecule has 5 nitrogen and oxygen atoms in total. The van der Waals surface area contributed by atoms with E-state index >= 15 is 0 Å². The first kappa shape index (κ1) is 19.1. The Balaban J connectivity index is 1.49. The minimum Gasteiger partial charge on any atom is -0.493 e. The predicted molar refractivity (Wildman–Crippen MR) is 104 cm³/mol. The Bertz CT molecular complexity index is 816. The van der Waals surface area contributed by atoms with Crippen LogP contribution in [0.3, 0.4) is 0 Å². The highest BCUT2D eigenvalue weighted by molar-refractivity contribution is 5.22. The Labute approximate surface area is 160 Å². The second kappa shape index (κ2) is 8.84. The van der Waals surface area contributed by atoms with Crippen LogP contribution in [0.25, 0.3) is 0 Å². The molecular formula is C22H27N2O3+. The fraction of sp³-hybridized carbons (Fsp3) is 0.318. The first-order chi connectivity index (χ1) is 13.0. The van der Waals surface area contributed by atoms with E-state index in [0.717, 1.165) is 34.5 Å². The highest BCUT2D eigenvalue weighted by Crippen LogP contribution is 2.22. The number of ether oxygens (including phenoxy) is 1. The van der Waals surface area contributed by atoms with Crippen LogP contribution in [0.5, 0.6) is 5.75 Å². The van der Waals surface area contributed by atoms with Gasteiger partial charge in [-0.15, -0.1) is 0 Å². The van der Waals surface area contributed by atoms with Gasteiger partial charge in [-0.3, -0.25) is 0 Å². The zero-order valence-electron chi connectivity index (χ0n) is 15.9. The van der Waals surface area contributed by atoms with Crippen LogP contribution < -0.4 is 4.74 Å². The van der Waals surface area contributed by atoms with Gasteiger partial charge in [-0.05, 0) is 17.7 Å². The van der Waals surface area contributed by atoms with Crippen LogP contribution in [0.1, 0.15) is 29.7 Å². The van der Waals surface area contributed by atoms with Crippen LogP contribution in [-0.2, 0) is 6.54 Å². The molecule has 0 saturated heterocycles. The van der Waals surface area contributed by atoms with Crippen molar-refractivity contribution in [3.05, 3.63) is 84.1 Å². The SMILES string of the molecule is C[N+](C)(CCCOc1ccccc1)Cc1cnc([C@@H](O)c2ccccc2)o1. The van der Waals surface area contributed by atoms with E-state index in [0.29, 0.717) is 19.0 Å². The van der Waals surface area contributed by atoms with Crippen LogP contribution in [0, 0.1) is 0 Å². The molecule has 0 amide bonds. The number of aliphatic hydroxyl groups is 1. The minimum absolute atomic E-state index is 0.337. The van der Waals surface area contributed by atoms with Gasteiger partial charge < -0.3 is 18.7 Å². The van der Waals surface area contributed by atoms with E-state index in [-0.39, 0.29) is 0 Å².